The first-order valence-electron chi connectivity index (χ1n) is 5.23. The van der Waals surface area contributed by atoms with Crippen molar-refractivity contribution in [1.29, 1.82) is 0 Å². The zero-order chi connectivity index (χ0) is 12.2. The van der Waals surface area contributed by atoms with Crippen molar-refractivity contribution in [3.05, 3.63) is 0 Å². The molecule has 0 aromatic carbocycles. The van der Waals surface area contributed by atoms with Crippen LogP contribution in [0.2, 0.25) is 0 Å². The molecule has 0 rings (SSSR count). The molecule has 0 spiro atoms. The molecule has 0 radical (unpaired) electrons. The summed E-state index contributed by atoms with van der Waals surface area (Å²) in [6.07, 6.45) is -0.00431. The van der Waals surface area contributed by atoms with Crippen LogP contribution in [0.3, 0.4) is 0 Å². The molecule has 0 aromatic heterocycles. The maximum Gasteiger partial charge on any atom is 0.305 e. The molecule has 0 bridgehead atoms. The first kappa shape index (κ1) is 13.9. The minimum Gasteiger partial charge on any atom is -0.481 e. The molecule has 0 saturated heterocycles. The first-order valence-corrected chi connectivity index (χ1v) is 5.23. The molecule has 1 N–H and O–H groups in total. The van der Waals surface area contributed by atoms with Gasteiger partial charge >= 0.3 is 5.97 Å². The van der Waals surface area contributed by atoms with Gasteiger partial charge in [-0.15, -0.1) is 0 Å². The highest BCUT2D eigenvalue weighted by Crippen LogP contribution is 2.19. The number of carboxylic acids is 1. The van der Waals surface area contributed by atoms with Crippen molar-refractivity contribution in [1.82, 2.24) is 4.90 Å². The van der Waals surface area contributed by atoms with Crippen molar-refractivity contribution in [3.8, 4) is 0 Å². The Morgan fingerprint density at radius 2 is 1.80 bits per heavy atom. The topological polar surface area (TPSA) is 57.6 Å². The predicted molar refractivity (Wildman–Crippen MR) is 58.6 cm³/mol. The van der Waals surface area contributed by atoms with Gasteiger partial charge < -0.3 is 10.0 Å². The van der Waals surface area contributed by atoms with E-state index in [0.29, 0.717) is 6.54 Å². The summed E-state index contributed by atoms with van der Waals surface area (Å²) in [4.78, 5) is 24.1. The van der Waals surface area contributed by atoms with Crippen molar-refractivity contribution < 1.29 is 14.7 Å². The van der Waals surface area contributed by atoms with Gasteiger partial charge in [-0.25, -0.2) is 0 Å². The molecule has 88 valence electrons. The van der Waals surface area contributed by atoms with Crippen molar-refractivity contribution in [3.63, 3.8) is 0 Å². The summed E-state index contributed by atoms with van der Waals surface area (Å²) in [5.74, 6) is -0.874. The van der Waals surface area contributed by atoms with E-state index in [1.54, 1.807) is 11.8 Å². The number of hydrogen-bond acceptors (Lipinski definition) is 2. The maximum atomic E-state index is 12.0. The monoisotopic (exact) mass is 215 g/mol. The van der Waals surface area contributed by atoms with Crippen LogP contribution >= 0.6 is 0 Å². The number of carbonyl (C=O) groups is 2. The van der Waals surface area contributed by atoms with Crippen LogP contribution in [0.15, 0.2) is 0 Å². The highest BCUT2D eigenvalue weighted by molar-refractivity contribution is 5.82. The minimum absolute atomic E-state index is 0.00116. The van der Waals surface area contributed by atoms with Gasteiger partial charge in [-0.2, -0.15) is 0 Å². The maximum absolute atomic E-state index is 12.0. The first-order chi connectivity index (χ1) is 6.70. The normalized spacial score (nSPS) is 13.4. The number of carboxylic acid groups (broad SMARTS) is 1. The standard InChI is InChI=1S/C11H21NO3/c1-6-12(8(2)7-9(13)14)10(15)11(3,4)5/h8H,6-7H2,1-5H3,(H,13,14). The van der Waals surface area contributed by atoms with Gasteiger partial charge in [0, 0.05) is 18.0 Å². The van der Waals surface area contributed by atoms with E-state index < -0.39 is 11.4 Å². The SMILES string of the molecule is CCN(C(=O)C(C)(C)C)C(C)CC(=O)O. The van der Waals surface area contributed by atoms with Gasteiger partial charge in [0.05, 0.1) is 6.42 Å². The molecule has 0 heterocycles. The third-order valence-corrected chi connectivity index (χ3v) is 2.25. The van der Waals surface area contributed by atoms with E-state index in [9.17, 15) is 9.59 Å². The van der Waals surface area contributed by atoms with Gasteiger partial charge in [0.25, 0.3) is 0 Å². The van der Waals surface area contributed by atoms with E-state index in [0.717, 1.165) is 0 Å². The van der Waals surface area contributed by atoms with Gasteiger partial charge in [-0.3, -0.25) is 9.59 Å². The number of hydrogen-bond donors (Lipinski definition) is 1. The van der Waals surface area contributed by atoms with Gasteiger partial charge in [-0.1, -0.05) is 20.8 Å². The predicted octanol–water partition coefficient (Wildman–Crippen LogP) is 1.74. The molecule has 4 nitrogen and oxygen atoms in total. The summed E-state index contributed by atoms with van der Waals surface area (Å²) in [5.41, 5.74) is -0.456. The lowest BCUT2D eigenvalue weighted by Crippen LogP contribution is -2.45. The average molecular weight is 215 g/mol. The largest absolute Gasteiger partial charge is 0.481 e. The van der Waals surface area contributed by atoms with Crippen LogP contribution in [0.5, 0.6) is 0 Å². The van der Waals surface area contributed by atoms with E-state index in [-0.39, 0.29) is 18.4 Å². The van der Waals surface area contributed by atoms with Gasteiger partial charge in [0.15, 0.2) is 0 Å². The highest BCUT2D eigenvalue weighted by atomic mass is 16.4. The summed E-state index contributed by atoms with van der Waals surface area (Å²) in [6, 6.07) is -0.251. The van der Waals surface area contributed by atoms with Crippen molar-refractivity contribution in [2.75, 3.05) is 6.54 Å². The van der Waals surface area contributed by atoms with E-state index in [4.69, 9.17) is 5.11 Å². The van der Waals surface area contributed by atoms with Crippen LogP contribution in [0.25, 0.3) is 0 Å². The summed E-state index contributed by atoms with van der Waals surface area (Å²) < 4.78 is 0. The number of aliphatic carboxylic acids is 1. The van der Waals surface area contributed by atoms with Crippen molar-refractivity contribution >= 4 is 11.9 Å². The summed E-state index contributed by atoms with van der Waals surface area (Å²) in [6.45, 7) is 9.69. The molecule has 0 aromatic rings. The Kier molecular flexibility index (Phi) is 4.78. The summed E-state index contributed by atoms with van der Waals surface area (Å²) >= 11 is 0. The van der Waals surface area contributed by atoms with Gasteiger partial charge in [-0.05, 0) is 13.8 Å². The number of amides is 1. The molecule has 0 aliphatic carbocycles. The Bertz CT molecular complexity index is 243. The zero-order valence-corrected chi connectivity index (χ0v) is 10.2. The smallest absolute Gasteiger partial charge is 0.305 e. The molecule has 1 unspecified atom stereocenters. The lowest BCUT2D eigenvalue weighted by molar-refractivity contribution is -0.144. The van der Waals surface area contributed by atoms with Crippen LogP contribution in [-0.4, -0.2) is 34.5 Å². The van der Waals surface area contributed by atoms with Gasteiger partial charge in [0.1, 0.15) is 0 Å². The molecule has 0 saturated carbocycles. The Morgan fingerprint density at radius 3 is 2.07 bits per heavy atom. The second-order valence-corrected chi connectivity index (χ2v) is 4.79. The Labute approximate surface area is 91.3 Å². The van der Waals surface area contributed by atoms with E-state index >= 15 is 0 Å². The fourth-order valence-electron chi connectivity index (χ4n) is 1.45. The Morgan fingerprint density at radius 1 is 1.33 bits per heavy atom. The molecular weight excluding hydrogens is 194 g/mol. The molecule has 15 heavy (non-hydrogen) atoms. The van der Waals surface area contributed by atoms with Crippen LogP contribution in [0.4, 0.5) is 0 Å². The Hall–Kier alpha value is -1.06. The van der Waals surface area contributed by atoms with Crippen molar-refractivity contribution in [2.45, 2.75) is 47.1 Å². The molecule has 0 aliphatic heterocycles. The third kappa shape index (κ3) is 4.32. The molecule has 0 aliphatic rings. The number of nitrogens with zero attached hydrogens (tertiary/aromatic N) is 1. The second-order valence-electron chi connectivity index (χ2n) is 4.79. The van der Waals surface area contributed by atoms with Gasteiger partial charge in [0.2, 0.25) is 5.91 Å². The number of carbonyl (C=O) groups excluding carboxylic acids is 1. The molecule has 4 heteroatoms. The van der Waals surface area contributed by atoms with E-state index in [2.05, 4.69) is 0 Å². The lowest BCUT2D eigenvalue weighted by Gasteiger charge is -2.32. The molecule has 0 fully saturated rings. The Balaban J connectivity index is 4.62. The highest BCUT2D eigenvalue weighted by Gasteiger charge is 2.29. The lowest BCUT2D eigenvalue weighted by atomic mass is 9.93. The van der Waals surface area contributed by atoms with E-state index in [1.165, 1.54) is 0 Å². The van der Waals surface area contributed by atoms with Crippen LogP contribution in [-0.2, 0) is 9.59 Å². The fourth-order valence-corrected chi connectivity index (χ4v) is 1.45. The van der Waals surface area contributed by atoms with E-state index in [1.807, 2.05) is 27.7 Å². The van der Waals surface area contributed by atoms with Crippen LogP contribution in [0, 0.1) is 5.41 Å². The molecular formula is C11H21NO3. The summed E-state index contributed by atoms with van der Waals surface area (Å²) in [7, 11) is 0. The third-order valence-electron chi connectivity index (χ3n) is 2.25. The zero-order valence-electron chi connectivity index (χ0n) is 10.2. The van der Waals surface area contributed by atoms with Crippen molar-refractivity contribution in [2.24, 2.45) is 5.41 Å². The number of rotatable bonds is 4. The van der Waals surface area contributed by atoms with Crippen LogP contribution < -0.4 is 0 Å². The summed E-state index contributed by atoms with van der Waals surface area (Å²) in [5, 5.41) is 8.67. The van der Waals surface area contributed by atoms with Crippen LogP contribution in [0.1, 0.15) is 41.0 Å². The second kappa shape index (κ2) is 5.14. The molecule has 1 atom stereocenters. The molecule has 1 amide bonds. The minimum atomic E-state index is -0.873. The average Bonchev–Trinajstić information content (AvgIpc) is 2.01. The fraction of sp³-hybridized carbons (Fsp3) is 0.818. The quantitative estimate of drug-likeness (QED) is 0.777.